The monoisotopic (exact) mass is 404 g/mol. The second-order valence-electron chi connectivity index (χ2n) is 4.76. The molecule has 0 bridgehead atoms. The van der Waals surface area contributed by atoms with Crippen molar-refractivity contribution in [3.8, 4) is 0 Å². The lowest BCUT2D eigenvalue weighted by molar-refractivity contribution is 0.0973. The van der Waals surface area contributed by atoms with Gasteiger partial charge in [0.1, 0.15) is 0 Å². The third-order valence-corrected chi connectivity index (χ3v) is 4.58. The fourth-order valence-electron chi connectivity index (χ4n) is 1.97. The fraction of sp³-hybridized carbons (Fsp3) is 0.429. The maximum atomic E-state index is 12.0. The molecule has 20 heavy (non-hydrogen) atoms. The molecule has 0 aliphatic carbocycles. The van der Waals surface area contributed by atoms with E-state index in [1.165, 1.54) is 0 Å². The van der Waals surface area contributed by atoms with Gasteiger partial charge < -0.3 is 10.1 Å². The second kappa shape index (κ2) is 7.33. The lowest BCUT2D eigenvalue weighted by Crippen LogP contribution is -2.42. The van der Waals surface area contributed by atoms with Crippen molar-refractivity contribution >= 4 is 45.8 Å². The van der Waals surface area contributed by atoms with Gasteiger partial charge >= 0.3 is 0 Å². The summed E-state index contributed by atoms with van der Waals surface area (Å²) in [5, 5.41) is 6.06. The summed E-state index contributed by atoms with van der Waals surface area (Å²) in [6.45, 7) is 3.47. The Balaban J connectivity index is 1.83. The first-order valence-corrected chi connectivity index (χ1v) is 8.02. The van der Waals surface area contributed by atoms with E-state index in [1.54, 1.807) is 6.07 Å². The number of thiocarbonyl (C=S) groups is 1. The van der Waals surface area contributed by atoms with Crippen LogP contribution in [-0.2, 0) is 4.74 Å². The van der Waals surface area contributed by atoms with Crippen LogP contribution >= 0.6 is 34.8 Å². The molecule has 0 radical (unpaired) electrons. The smallest absolute Gasteiger partial charge is 0.257 e. The maximum absolute atomic E-state index is 12.0. The lowest BCUT2D eigenvalue weighted by atomic mass is 10.1. The van der Waals surface area contributed by atoms with E-state index in [0.717, 1.165) is 28.6 Å². The topological polar surface area (TPSA) is 50.4 Å². The maximum Gasteiger partial charge on any atom is 0.257 e. The molecule has 1 fully saturated rings. The predicted molar refractivity (Wildman–Crippen MR) is 90.9 cm³/mol. The van der Waals surface area contributed by atoms with Crippen molar-refractivity contribution in [2.45, 2.75) is 25.9 Å². The number of amides is 1. The summed E-state index contributed by atoms with van der Waals surface area (Å²) in [6, 6.07) is 5.59. The molecule has 1 saturated heterocycles. The largest absolute Gasteiger partial charge is 0.376 e. The van der Waals surface area contributed by atoms with Gasteiger partial charge in [0.25, 0.3) is 5.91 Å². The first-order chi connectivity index (χ1) is 9.56. The van der Waals surface area contributed by atoms with Crippen LogP contribution in [0.1, 0.15) is 28.8 Å². The van der Waals surface area contributed by atoms with Crippen LogP contribution in [0.25, 0.3) is 0 Å². The van der Waals surface area contributed by atoms with Gasteiger partial charge in [0.05, 0.1) is 6.10 Å². The van der Waals surface area contributed by atoms with Gasteiger partial charge in [0.2, 0.25) is 0 Å². The van der Waals surface area contributed by atoms with Crippen LogP contribution in [0.15, 0.2) is 18.2 Å². The van der Waals surface area contributed by atoms with E-state index >= 15 is 0 Å². The van der Waals surface area contributed by atoms with Crippen LogP contribution in [-0.4, -0.2) is 30.3 Å². The van der Waals surface area contributed by atoms with Gasteiger partial charge in [-0.05, 0) is 72.3 Å². The first kappa shape index (κ1) is 15.7. The van der Waals surface area contributed by atoms with Gasteiger partial charge in [-0.1, -0.05) is 6.07 Å². The first-order valence-electron chi connectivity index (χ1n) is 6.53. The minimum atomic E-state index is -0.187. The van der Waals surface area contributed by atoms with Crippen molar-refractivity contribution in [1.29, 1.82) is 0 Å². The van der Waals surface area contributed by atoms with Crippen molar-refractivity contribution in [3.05, 3.63) is 32.9 Å². The molecule has 1 amide bonds. The highest BCUT2D eigenvalue weighted by atomic mass is 127. The molecule has 1 aliphatic heterocycles. The summed E-state index contributed by atoms with van der Waals surface area (Å²) in [5.74, 6) is -0.187. The van der Waals surface area contributed by atoms with Gasteiger partial charge in [-0.3, -0.25) is 10.1 Å². The zero-order valence-corrected chi connectivity index (χ0v) is 14.2. The number of rotatable bonds is 3. The molecule has 108 valence electrons. The molecular formula is C14H17IN2O2S. The van der Waals surface area contributed by atoms with Crippen LogP contribution in [0.4, 0.5) is 0 Å². The highest BCUT2D eigenvalue weighted by Gasteiger charge is 2.16. The number of benzene rings is 1. The van der Waals surface area contributed by atoms with E-state index in [-0.39, 0.29) is 12.0 Å². The van der Waals surface area contributed by atoms with Gasteiger partial charge in [0, 0.05) is 22.3 Å². The highest BCUT2D eigenvalue weighted by Crippen LogP contribution is 2.13. The number of carbonyl (C=O) groups excluding carboxylic acids is 1. The number of nitrogens with one attached hydrogen (secondary N) is 2. The summed E-state index contributed by atoms with van der Waals surface area (Å²) < 4.78 is 6.55. The van der Waals surface area contributed by atoms with Crippen molar-refractivity contribution in [2.24, 2.45) is 0 Å². The second-order valence-corrected chi connectivity index (χ2v) is 6.33. The summed E-state index contributed by atoms with van der Waals surface area (Å²) in [7, 11) is 0. The molecule has 1 aromatic rings. The van der Waals surface area contributed by atoms with Gasteiger partial charge in [-0.2, -0.15) is 0 Å². The van der Waals surface area contributed by atoms with Crippen LogP contribution < -0.4 is 10.6 Å². The summed E-state index contributed by atoms with van der Waals surface area (Å²) in [5.41, 5.74) is 1.77. The number of halogens is 1. The van der Waals surface area contributed by atoms with E-state index in [2.05, 4.69) is 33.2 Å². The summed E-state index contributed by atoms with van der Waals surface area (Å²) in [6.07, 6.45) is 2.33. The minimum Gasteiger partial charge on any atom is -0.376 e. The zero-order chi connectivity index (χ0) is 14.5. The number of carbonyl (C=O) groups is 1. The van der Waals surface area contributed by atoms with E-state index < -0.39 is 0 Å². The molecule has 2 rings (SSSR count). The van der Waals surface area contributed by atoms with E-state index in [0.29, 0.717) is 17.2 Å². The van der Waals surface area contributed by atoms with Crippen molar-refractivity contribution in [1.82, 2.24) is 10.6 Å². The molecule has 2 N–H and O–H groups in total. The fourth-order valence-corrected chi connectivity index (χ4v) is 2.66. The van der Waals surface area contributed by atoms with E-state index in [9.17, 15) is 4.79 Å². The average molecular weight is 404 g/mol. The molecule has 1 aliphatic rings. The van der Waals surface area contributed by atoms with Crippen molar-refractivity contribution < 1.29 is 9.53 Å². The Morgan fingerprint density at radius 2 is 2.35 bits per heavy atom. The predicted octanol–water partition coefficient (Wildman–Crippen LogP) is 2.38. The summed E-state index contributed by atoms with van der Waals surface area (Å²) >= 11 is 7.34. The van der Waals surface area contributed by atoms with Crippen LogP contribution in [0.5, 0.6) is 0 Å². The zero-order valence-electron chi connectivity index (χ0n) is 11.2. The lowest BCUT2D eigenvalue weighted by Gasteiger charge is -2.13. The molecule has 1 aromatic carbocycles. The average Bonchev–Trinajstić information content (AvgIpc) is 2.92. The van der Waals surface area contributed by atoms with E-state index in [1.807, 2.05) is 19.1 Å². The molecule has 1 heterocycles. The highest BCUT2D eigenvalue weighted by molar-refractivity contribution is 14.1. The Morgan fingerprint density at radius 1 is 1.55 bits per heavy atom. The number of aryl methyl sites for hydroxylation is 1. The SMILES string of the molecule is Cc1ccc(C(=O)NC(=S)NCC2CCCO2)cc1I. The Hall–Kier alpha value is -0.730. The quantitative estimate of drug-likeness (QED) is 0.600. The third-order valence-electron chi connectivity index (χ3n) is 3.18. The third kappa shape index (κ3) is 4.39. The molecular weight excluding hydrogens is 387 g/mol. The molecule has 0 aromatic heterocycles. The Bertz CT molecular complexity index is 516. The molecule has 1 unspecified atom stereocenters. The molecule has 6 heteroatoms. The Kier molecular flexibility index (Phi) is 5.74. The normalized spacial score (nSPS) is 17.8. The number of hydrogen-bond donors (Lipinski definition) is 2. The minimum absolute atomic E-state index is 0.187. The molecule has 0 saturated carbocycles. The summed E-state index contributed by atoms with van der Waals surface area (Å²) in [4.78, 5) is 12.0. The van der Waals surface area contributed by atoms with Crippen LogP contribution in [0, 0.1) is 10.5 Å². The standard InChI is InChI=1S/C14H17IN2O2S/c1-9-4-5-10(7-12(9)15)13(18)17-14(20)16-8-11-3-2-6-19-11/h4-5,7,11H,2-3,6,8H2,1H3,(H2,16,17,18,20). The number of hydrogen-bond acceptors (Lipinski definition) is 3. The molecule has 1 atom stereocenters. The van der Waals surface area contributed by atoms with E-state index in [4.69, 9.17) is 17.0 Å². The Morgan fingerprint density at radius 3 is 3.00 bits per heavy atom. The Labute approximate surface area is 137 Å². The van der Waals surface area contributed by atoms with Crippen LogP contribution in [0.2, 0.25) is 0 Å². The van der Waals surface area contributed by atoms with Crippen molar-refractivity contribution in [2.75, 3.05) is 13.2 Å². The van der Waals surface area contributed by atoms with Crippen molar-refractivity contribution in [3.63, 3.8) is 0 Å². The molecule has 0 spiro atoms. The molecule has 4 nitrogen and oxygen atoms in total. The van der Waals surface area contributed by atoms with Gasteiger partial charge in [-0.25, -0.2) is 0 Å². The van der Waals surface area contributed by atoms with Gasteiger partial charge in [-0.15, -0.1) is 0 Å². The van der Waals surface area contributed by atoms with Crippen LogP contribution in [0.3, 0.4) is 0 Å². The number of ether oxygens (including phenoxy) is 1. The van der Waals surface area contributed by atoms with Gasteiger partial charge in [0.15, 0.2) is 5.11 Å².